The number of nitrogens with one attached hydrogen (secondary N) is 1. The van der Waals surface area contributed by atoms with Crippen LogP contribution in [0.3, 0.4) is 0 Å². The third kappa shape index (κ3) is 6.37. The zero-order valence-corrected chi connectivity index (χ0v) is 14.8. The molecule has 6 nitrogen and oxygen atoms in total. The highest BCUT2D eigenvalue weighted by Gasteiger charge is 2.27. The zero-order valence-electron chi connectivity index (χ0n) is 14.8. The SMILES string of the molecule is CCOCCN1CCN(CC(=O)NC2CCOCC2)C[C@@H]1CC. The van der Waals surface area contributed by atoms with Crippen LogP contribution in [0, 0.1) is 0 Å². The molecule has 2 aliphatic rings. The van der Waals surface area contributed by atoms with E-state index >= 15 is 0 Å². The Bertz CT molecular complexity index is 348. The highest BCUT2D eigenvalue weighted by atomic mass is 16.5. The minimum atomic E-state index is 0.162. The van der Waals surface area contributed by atoms with Crippen molar-refractivity contribution < 1.29 is 14.3 Å². The summed E-state index contributed by atoms with van der Waals surface area (Å²) in [6.45, 7) is 11.9. The predicted octanol–water partition coefficient (Wildman–Crippen LogP) is 0.714. The Morgan fingerprint density at radius 3 is 2.74 bits per heavy atom. The van der Waals surface area contributed by atoms with Crippen molar-refractivity contribution in [2.24, 2.45) is 0 Å². The molecule has 2 saturated heterocycles. The number of hydrogen-bond acceptors (Lipinski definition) is 5. The largest absolute Gasteiger partial charge is 0.381 e. The summed E-state index contributed by atoms with van der Waals surface area (Å²) in [7, 11) is 0. The predicted molar refractivity (Wildman–Crippen MR) is 90.6 cm³/mol. The average Bonchev–Trinajstić information content (AvgIpc) is 2.57. The van der Waals surface area contributed by atoms with Crippen LogP contribution in [-0.2, 0) is 14.3 Å². The summed E-state index contributed by atoms with van der Waals surface area (Å²) in [6.07, 6.45) is 2.99. The van der Waals surface area contributed by atoms with E-state index in [0.717, 1.165) is 71.9 Å². The summed E-state index contributed by atoms with van der Waals surface area (Å²) in [6, 6.07) is 0.825. The van der Waals surface area contributed by atoms with Crippen LogP contribution in [0.4, 0.5) is 0 Å². The van der Waals surface area contributed by atoms with Gasteiger partial charge in [0.25, 0.3) is 0 Å². The first-order valence-electron chi connectivity index (χ1n) is 9.14. The minimum Gasteiger partial charge on any atom is -0.381 e. The highest BCUT2D eigenvalue weighted by Crippen LogP contribution is 2.13. The van der Waals surface area contributed by atoms with Gasteiger partial charge in [-0.3, -0.25) is 14.6 Å². The number of piperazine rings is 1. The quantitative estimate of drug-likeness (QED) is 0.666. The van der Waals surface area contributed by atoms with Gasteiger partial charge in [-0.1, -0.05) is 6.92 Å². The van der Waals surface area contributed by atoms with Crippen molar-refractivity contribution in [2.75, 3.05) is 59.2 Å². The molecule has 0 saturated carbocycles. The molecular weight excluding hydrogens is 294 g/mol. The smallest absolute Gasteiger partial charge is 0.234 e. The van der Waals surface area contributed by atoms with Crippen LogP contribution in [0.15, 0.2) is 0 Å². The summed E-state index contributed by atoms with van der Waals surface area (Å²) in [4.78, 5) is 17.0. The molecule has 134 valence electrons. The van der Waals surface area contributed by atoms with Gasteiger partial charge in [0.2, 0.25) is 5.91 Å². The van der Waals surface area contributed by atoms with Crippen molar-refractivity contribution in [3.63, 3.8) is 0 Å². The van der Waals surface area contributed by atoms with Crippen LogP contribution in [0.5, 0.6) is 0 Å². The second kappa shape index (κ2) is 10.2. The lowest BCUT2D eigenvalue weighted by molar-refractivity contribution is -0.124. The molecule has 0 aromatic carbocycles. The summed E-state index contributed by atoms with van der Waals surface area (Å²) in [5.74, 6) is 0.162. The molecule has 0 spiro atoms. The van der Waals surface area contributed by atoms with Crippen molar-refractivity contribution in [2.45, 2.75) is 45.2 Å². The van der Waals surface area contributed by atoms with E-state index in [1.807, 2.05) is 6.92 Å². The summed E-state index contributed by atoms with van der Waals surface area (Å²) < 4.78 is 10.8. The molecule has 0 aliphatic carbocycles. The number of ether oxygens (including phenoxy) is 2. The van der Waals surface area contributed by atoms with E-state index in [9.17, 15) is 4.79 Å². The number of rotatable bonds is 8. The molecule has 1 N–H and O–H groups in total. The second-order valence-corrected chi connectivity index (χ2v) is 6.48. The van der Waals surface area contributed by atoms with E-state index in [1.165, 1.54) is 0 Å². The van der Waals surface area contributed by atoms with Gasteiger partial charge in [-0.25, -0.2) is 0 Å². The third-order valence-corrected chi connectivity index (χ3v) is 4.84. The molecule has 0 bridgehead atoms. The standard InChI is InChI=1S/C17H33N3O3/c1-3-16-13-19(7-8-20(16)9-12-22-4-2)14-17(21)18-15-5-10-23-11-6-15/h15-16H,3-14H2,1-2H3,(H,18,21)/t16-/m0/s1. The van der Waals surface area contributed by atoms with Crippen molar-refractivity contribution in [1.82, 2.24) is 15.1 Å². The molecule has 2 rings (SSSR count). The lowest BCUT2D eigenvalue weighted by Crippen LogP contribution is -2.56. The van der Waals surface area contributed by atoms with E-state index < -0.39 is 0 Å². The van der Waals surface area contributed by atoms with Gasteiger partial charge in [-0.2, -0.15) is 0 Å². The average molecular weight is 327 g/mol. The summed E-state index contributed by atoms with van der Waals surface area (Å²) in [5, 5.41) is 3.16. The summed E-state index contributed by atoms with van der Waals surface area (Å²) in [5.41, 5.74) is 0. The number of hydrogen-bond donors (Lipinski definition) is 1. The van der Waals surface area contributed by atoms with Crippen molar-refractivity contribution in [3.8, 4) is 0 Å². The Balaban J connectivity index is 1.70. The van der Waals surface area contributed by atoms with E-state index in [1.54, 1.807) is 0 Å². The molecule has 0 unspecified atom stereocenters. The molecule has 1 amide bonds. The highest BCUT2D eigenvalue weighted by molar-refractivity contribution is 5.78. The maximum atomic E-state index is 12.2. The van der Waals surface area contributed by atoms with Crippen LogP contribution < -0.4 is 5.32 Å². The Labute approximate surface area is 140 Å². The Morgan fingerprint density at radius 2 is 2.04 bits per heavy atom. The van der Waals surface area contributed by atoms with E-state index in [-0.39, 0.29) is 5.91 Å². The number of amides is 1. The fraction of sp³-hybridized carbons (Fsp3) is 0.941. The second-order valence-electron chi connectivity index (χ2n) is 6.48. The van der Waals surface area contributed by atoms with E-state index in [4.69, 9.17) is 9.47 Å². The fourth-order valence-corrected chi connectivity index (χ4v) is 3.43. The monoisotopic (exact) mass is 327 g/mol. The molecule has 1 atom stereocenters. The Hall–Kier alpha value is -0.690. The topological polar surface area (TPSA) is 54.0 Å². The number of nitrogens with zero attached hydrogens (tertiary/aromatic N) is 2. The number of carbonyl (C=O) groups is 1. The Morgan fingerprint density at radius 1 is 1.26 bits per heavy atom. The van der Waals surface area contributed by atoms with Crippen molar-refractivity contribution in [3.05, 3.63) is 0 Å². The molecule has 0 radical (unpaired) electrons. The van der Waals surface area contributed by atoms with Crippen molar-refractivity contribution >= 4 is 5.91 Å². The normalized spacial score (nSPS) is 24.7. The molecule has 2 heterocycles. The van der Waals surface area contributed by atoms with Crippen LogP contribution >= 0.6 is 0 Å². The van der Waals surface area contributed by atoms with Crippen LogP contribution in [0.25, 0.3) is 0 Å². The van der Waals surface area contributed by atoms with Gasteiger partial charge >= 0.3 is 0 Å². The lowest BCUT2D eigenvalue weighted by Gasteiger charge is -2.41. The van der Waals surface area contributed by atoms with Gasteiger partial charge in [0.1, 0.15) is 0 Å². The van der Waals surface area contributed by atoms with Gasteiger partial charge in [0.15, 0.2) is 0 Å². The van der Waals surface area contributed by atoms with Crippen LogP contribution in [0.2, 0.25) is 0 Å². The maximum absolute atomic E-state index is 12.2. The molecular formula is C17H33N3O3. The molecule has 0 aromatic heterocycles. The van der Waals surface area contributed by atoms with Crippen molar-refractivity contribution in [1.29, 1.82) is 0 Å². The molecule has 2 fully saturated rings. The first kappa shape index (κ1) is 18.6. The maximum Gasteiger partial charge on any atom is 0.234 e. The minimum absolute atomic E-state index is 0.162. The third-order valence-electron chi connectivity index (χ3n) is 4.84. The fourth-order valence-electron chi connectivity index (χ4n) is 3.43. The van der Waals surface area contributed by atoms with Gasteiger partial charge in [0, 0.05) is 58.1 Å². The molecule has 0 aromatic rings. The Kier molecular flexibility index (Phi) is 8.30. The van der Waals surface area contributed by atoms with E-state index in [2.05, 4.69) is 22.0 Å². The first-order chi connectivity index (χ1) is 11.2. The lowest BCUT2D eigenvalue weighted by atomic mass is 10.1. The van der Waals surface area contributed by atoms with Gasteiger partial charge in [-0.15, -0.1) is 0 Å². The molecule has 6 heteroatoms. The van der Waals surface area contributed by atoms with Gasteiger partial charge in [0.05, 0.1) is 13.2 Å². The van der Waals surface area contributed by atoms with E-state index in [0.29, 0.717) is 18.6 Å². The zero-order chi connectivity index (χ0) is 16.5. The van der Waals surface area contributed by atoms with Crippen LogP contribution in [-0.4, -0.2) is 86.9 Å². The first-order valence-corrected chi connectivity index (χ1v) is 9.14. The molecule has 2 aliphatic heterocycles. The number of carbonyl (C=O) groups excluding carboxylic acids is 1. The van der Waals surface area contributed by atoms with Crippen LogP contribution in [0.1, 0.15) is 33.1 Å². The van der Waals surface area contributed by atoms with Gasteiger partial charge in [-0.05, 0) is 26.2 Å². The molecule has 23 heavy (non-hydrogen) atoms. The summed E-state index contributed by atoms with van der Waals surface area (Å²) >= 11 is 0. The van der Waals surface area contributed by atoms with Gasteiger partial charge < -0.3 is 14.8 Å².